The largest absolute Gasteiger partial charge is 0.486 e. The van der Waals surface area contributed by atoms with Gasteiger partial charge in [-0.15, -0.1) is 0 Å². The number of nitrogen functional groups attached to an aromatic ring is 1. The highest BCUT2D eigenvalue weighted by Crippen LogP contribution is 2.49. The molecule has 4 heteroatoms. The first-order chi connectivity index (χ1) is 22.2. The fourth-order valence-corrected chi connectivity index (χ4v) is 6.78. The van der Waals surface area contributed by atoms with Crippen LogP contribution in [0.4, 0.5) is 22.7 Å². The number of anilines is 4. The Bertz CT molecular complexity index is 2500. The first-order valence-corrected chi connectivity index (χ1v) is 15.2. The maximum Gasteiger partial charge on any atom is 0.151 e. The Hall–Kier alpha value is -6.00. The molecular weight excluding hydrogens is 552 g/mol. The van der Waals surface area contributed by atoms with Crippen LogP contribution in [0.5, 0.6) is 5.75 Å². The summed E-state index contributed by atoms with van der Waals surface area (Å²) in [4.78, 5) is 2.28. The van der Waals surface area contributed by atoms with Crippen LogP contribution in [0.15, 0.2) is 150 Å². The molecule has 0 saturated carbocycles. The van der Waals surface area contributed by atoms with Gasteiger partial charge in [0, 0.05) is 39.0 Å². The molecule has 0 radical (unpaired) electrons. The third kappa shape index (κ3) is 4.07. The average molecular weight is 581 g/mol. The predicted octanol–water partition coefficient (Wildman–Crippen LogP) is 11.1. The van der Waals surface area contributed by atoms with Gasteiger partial charge in [0.05, 0.1) is 11.4 Å². The molecule has 9 rings (SSSR count). The molecule has 0 spiro atoms. The fourth-order valence-electron chi connectivity index (χ4n) is 6.78. The van der Waals surface area contributed by atoms with Crippen LogP contribution in [0.3, 0.4) is 0 Å². The number of hydrogen-bond donors (Lipinski definition) is 1. The Morgan fingerprint density at radius 2 is 1.22 bits per heavy atom. The van der Waals surface area contributed by atoms with Gasteiger partial charge in [0.1, 0.15) is 17.8 Å². The highest BCUT2D eigenvalue weighted by atomic mass is 16.5. The second kappa shape index (κ2) is 10.0. The van der Waals surface area contributed by atoms with E-state index in [0.717, 1.165) is 55.3 Å². The van der Waals surface area contributed by atoms with Crippen molar-refractivity contribution in [2.24, 2.45) is 0 Å². The van der Waals surface area contributed by atoms with Crippen molar-refractivity contribution in [1.29, 1.82) is 0 Å². The molecule has 4 nitrogen and oxygen atoms in total. The summed E-state index contributed by atoms with van der Waals surface area (Å²) in [7, 11) is 0. The number of ether oxygens (including phenoxy) is 1. The molecule has 0 atom stereocenters. The van der Waals surface area contributed by atoms with Gasteiger partial charge >= 0.3 is 0 Å². The molecule has 0 bridgehead atoms. The molecule has 0 fully saturated rings. The Balaban J connectivity index is 1.28. The molecule has 0 saturated heterocycles. The van der Waals surface area contributed by atoms with E-state index in [1.54, 1.807) is 0 Å². The van der Waals surface area contributed by atoms with E-state index in [2.05, 4.69) is 108 Å². The molecule has 1 heterocycles. The van der Waals surface area contributed by atoms with Crippen LogP contribution in [0, 0.1) is 0 Å². The number of nitrogens with zero attached hydrogens (tertiary/aromatic N) is 1. The van der Waals surface area contributed by atoms with E-state index in [1.165, 1.54) is 21.5 Å². The number of benzene rings is 8. The Morgan fingerprint density at radius 1 is 0.511 bits per heavy atom. The van der Waals surface area contributed by atoms with Crippen molar-refractivity contribution in [3.05, 3.63) is 151 Å². The summed E-state index contributed by atoms with van der Waals surface area (Å²) in [5.41, 5.74) is 13.3. The van der Waals surface area contributed by atoms with E-state index in [1.807, 2.05) is 42.5 Å². The number of nitrogens with two attached hydrogens (primary N) is 1. The van der Waals surface area contributed by atoms with Crippen molar-refractivity contribution in [1.82, 2.24) is 0 Å². The highest BCUT2D eigenvalue weighted by molar-refractivity contribution is 6.27. The summed E-state index contributed by atoms with van der Waals surface area (Å²) >= 11 is 0. The number of hydrogen-bond acceptors (Lipinski definition) is 4. The lowest BCUT2D eigenvalue weighted by molar-refractivity contribution is 0.312. The van der Waals surface area contributed by atoms with Gasteiger partial charge in [-0.2, -0.15) is 0 Å². The molecule has 2 N–H and O–H groups in total. The Morgan fingerprint density at radius 3 is 2.09 bits per heavy atom. The maximum atomic E-state index is 6.90. The molecule has 0 unspecified atom stereocenters. The fraction of sp³-hybridized carbons (Fsp3) is 0.0244. The monoisotopic (exact) mass is 580 g/mol. The van der Waals surface area contributed by atoms with E-state index in [4.69, 9.17) is 14.9 Å². The van der Waals surface area contributed by atoms with Gasteiger partial charge in [-0.3, -0.25) is 0 Å². The molecule has 8 aromatic carbocycles. The Labute approximate surface area is 259 Å². The lowest BCUT2D eigenvalue weighted by Gasteiger charge is -2.26. The summed E-state index contributed by atoms with van der Waals surface area (Å²) in [5.74, 6) is 0.671. The third-order valence-corrected chi connectivity index (χ3v) is 8.85. The minimum atomic E-state index is 0.410. The number of fused-ring (bicyclic) bond motifs is 3. The Kier molecular flexibility index (Phi) is 5.69. The van der Waals surface area contributed by atoms with Crippen molar-refractivity contribution < 1.29 is 9.15 Å². The van der Waals surface area contributed by atoms with Gasteiger partial charge in [-0.05, 0) is 63.5 Å². The first kappa shape index (κ1) is 25.5. The quantitative estimate of drug-likeness (QED) is 0.157. The summed E-state index contributed by atoms with van der Waals surface area (Å²) in [6, 6.07) is 50.6. The van der Waals surface area contributed by atoms with Crippen molar-refractivity contribution >= 4 is 77.0 Å². The van der Waals surface area contributed by atoms with Crippen LogP contribution in [-0.2, 0) is 6.61 Å². The zero-order valence-electron chi connectivity index (χ0n) is 24.4. The van der Waals surface area contributed by atoms with Crippen LogP contribution >= 0.6 is 0 Å². The third-order valence-electron chi connectivity index (χ3n) is 8.85. The molecule has 9 aromatic rings. The van der Waals surface area contributed by atoms with Gasteiger partial charge in [0.2, 0.25) is 0 Å². The highest BCUT2D eigenvalue weighted by Gasteiger charge is 2.24. The van der Waals surface area contributed by atoms with Crippen LogP contribution in [-0.4, -0.2) is 0 Å². The van der Waals surface area contributed by atoms with Crippen molar-refractivity contribution in [2.75, 3.05) is 10.6 Å². The second-order valence-corrected chi connectivity index (χ2v) is 11.5. The zero-order chi connectivity index (χ0) is 29.9. The standard InChI is InChI=1S/C41H28N2O2/c42-40-34-16-9-17-36-38(34)39-35(41(40)44-25-26-10-3-1-4-11-26)23-31(24-37(39)45-36)43(29-13-5-2-6-14-29)30-20-21-33-28(22-30)19-18-27-12-7-8-15-32(27)33/h1-24H,25,42H2. The lowest BCUT2D eigenvalue weighted by atomic mass is 9.98. The van der Waals surface area contributed by atoms with E-state index >= 15 is 0 Å². The van der Waals surface area contributed by atoms with E-state index in [-0.39, 0.29) is 0 Å². The topological polar surface area (TPSA) is 51.6 Å². The van der Waals surface area contributed by atoms with E-state index in [0.29, 0.717) is 18.0 Å². The van der Waals surface area contributed by atoms with Gasteiger partial charge in [0.25, 0.3) is 0 Å². The maximum absolute atomic E-state index is 6.90. The summed E-state index contributed by atoms with van der Waals surface area (Å²) in [6.07, 6.45) is 0. The van der Waals surface area contributed by atoms with Gasteiger partial charge < -0.3 is 19.8 Å². The van der Waals surface area contributed by atoms with Crippen LogP contribution in [0.2, 0.25) is 0 Å². The van der Waals surface area contributed by atoms with Gasteiger partial charge in [-0.25, -0.2) is 0 Å². The molecule has 0 aliphatic rings. The first-order valence-electron chi connectivity index (χ1n) is 15.2. The normalized spacial score (nSPS) is 11.7. The molecule has 1 aromatic heterocycles. The minimum Gasteiger partial charge on any atom is -0.486 e. The second-order valence-electron chi connectivity index (χ2n) is 11.5. The van der Waals surface area contributed by atoms with Gasteiger partial charge in [0.15, 0.2) is 5.75 Å². The molecular formula is C41H28N2O2. The average Bonchev–Trinajstić information content (AvgIpc) is 3.48. The van der Waals surface area contributed by atoms with Crippen LogP contribution in [0.25, 0.3) is 54.3 Å². The van der Waals surface area contributed by atoms with Crippen LogP contribution in [0.1, 0.15) is 5.56 Å². The lowest BCUT2D eigenvalue weighted by Crippen LogP contribution is -2.10. The van der Waals surface area contributed by atoms with E-state index in [9.17, 15) is 0 Å². The zero-order valence-corrected chi connectivity index (χ0v) is 24.4. The molecule has 0 aliphatic heterocycles. The SMILES string of the molecule is Nc1c(OCc2ccccc2)c2cc(N(c3ccccc3)c3ccc4c(ccc5ccccc54)c3)cc3oc4cccc1c4c32. The molecule has 45 heavy (non-hydrogen) atoms. The van der Waals surface area contributed by atoms with Crippen molar-refractivity contribution in [3.8, 4) is 5.75 Å². The molecule has 0 amide bonds. The molecule has 214 valence electrons. The van der Waals surface area contributed by atoms with E-state index < -0.39 is 0 Å². The smallest absolute Gasteiger partial charge is 0.151 e. The number of rotatable bonds is 6. The summed E-state index contributed by atoms with van der Waals surface area (Å²) in [5, 5.41) is 8.82. The predicted molar refractivity (Wildman–Crippen MR) is 187 cm³/mol. The van der Waals surface area contributed by atoms with Crippen molar-refractivity contribution in [3.63, 3.8) is 0 Å². The van der Waals surface area contributed by atoms with Gasteiger partial charge in [-0.1, -0.05) is 103 Å². The number of para-hydroxylation sites is 1. The summed E-state index contributed by atoms with van der Waals surface area (Å²) < 4.78 is 13.1. The van der Waals surface area contributed by atoms with Crippen LogP contribution < -0.4 is 15.4 Å². The molecule has 0 aliphatic carbocycles. The number of furan rings is 1. The van der Waals surface area contributed by atoms with Crippen molar-refractivity contribution in [2.45, 2.75) is 6.61 Å². The minimum absolute atomic E-state index is 0.410. The summed E-state index contributed by atoms with van der Waals surface area (Å²) in [6.45, 7) is 0.410.